The summed E-state index contributed by atoms with van der Waals surface area (Å²) < 4.78 is 0. The Kier molecular flexibility index (Phi) is 7.58. The fraction of sp³-hybridized carbons (Fsp3) is 0.440. The molecule has 0 unspecified atom stereocenters. The molecule has 2 N–H and O–H groups in total. The summed E-state index contributed by atoms with van der Waals surface area (Å²) in [6.07, 6.45) is 3.80. The van der Waals surface area contributed by atoms with Crippen molar-refractivity contribution in [3.8, 4) is 0 Å². The molecule has 0 saturated carbocycles. The van der Waals surface area contributed by atoms with E-state index in [1.54, 1.807) is 0 Å². The minimum Gasteiger partial charge on any atom is -0.376 e. The fourth-order valence-electron chi connectivity index (χ4n) is 4.28. The Bertz CT molecular complexity index is 935. The highest BCUT2D eigenvalue weighted by atomic mass is 32.2. The van der Waals surface area contributed by atoms with Crippen LogP contribution in [-0.4, -0.2) is 60.9 Å². The topological polar surface area (TPSA) is 64.7 Å². The van der Waals surface area contributed by atoms with Gasteiger partial charge in [-0.25, -0.2) is 0 Å². The summed E-state index contributed by atoms with van der Waals surface area (Å²) in [7, 11) is 0. The Labute approximate surface area is 194 Å². The van der Waals surface area contributed by atoms with Crippen molar-refractivity contribution in [2.75, 3.05) is 59.8 Å². The van der Waals surface area contributed by atoms with Gasteiger partial charge in [-0.05, 0) is 68.1 Å². The summed E-state index contributed by atoms with van der Waals surface area (Å²) in [5.74, 6) is 1.94. The van der Waals surface area contributed by atoms with Crippen molar-refractivity contribution in [3.05, 3.63) is 53.6 Å². The maximum atomic E-state index is 12.9. The number of anilines is 3. The molecule has 2 saturated heterocycles. The molecule has 4 rings (SSSR count). The molecule has 2 heterocycles. The Balaban J connectivity index is 1.32. The summed E-state index contributed by atoms with van der Waals surface area (Å²) in [4.78, 5) is 29.7. The highest BCUT2D eigenvalue weighted by molar-refractivity contribution is 7.99. The number of carbonyl (C=O) groups is 2. The van der Waals surface area contributed by atoms with E-state index in [2.05, 4.69) is 27.7 Å². The SMILES string of the molecule is Cc1c(NCC(=O)Nc2ccc(N3CCCCC3)cc2)cccc1C(=O)N1CCSCC1. The summed E-state index contributed by atoms with van der Waals surface area (Å²) in [6.45, 7) is 5.87. The zero-order valence-corrected chi connectivity index (χ0v) is 19.5. The second-order valence-corrected chi connectivity index (χ2v) is 9.60. The van der Waals surface area contributed by atoms with Gasteiger partial charge in [-0.3, -0.25) is 9.59 Å². The minimum atomic E-state index is -0.111. The normalized spacial score (nSPS) is 16.5. The van der Waals surface area contributed by atoms with Crippen molar-refractivity contribution < 1.29 is 9.59 Å². The van der Waals surface area contributed by atoms with Gasteiger partial charge < -0.3 is 20.4 Å². The predicted molar refractivity (Wildman–Crippen MR) is 134 cm³/mol. The van der Waals surface area contributed by atoms with E-state index in [4.69, 9.17) is 0 Å². The fourth-order valence-corrected chi connectivity index (χ4v) is 5.19. The molecule has 2 aromatic rings. The summed E-state index contributed by atoms with van der Waals surface area (Å²) in [5, 5.41) is 6.15. The molecule has 0 aliphatic carbocycles. The maximum Gasteiger partial charge on any atom is 0.254 e. The van der Waals surface area contributed by atoms with Gasteiger partial charge in [0.15, 0.2) is 0 Å². The van der Waals surface area contributed by atoms with Gasteiger partial charge in [-0.1, -0.05) is 6.07 Å². The lowest BCUT2D eigenvalue weighted by Gasteiger charge is -2.28. The molecule has 0 aromatic heterocycles. The van der Waals surface area contributed by atoms with Crippen LogP contribution in [0.3, 0.4) is 0 Å². The second-order valence-electron chi connectivity index (χ2n) is 8.38. The highest BCUT2D eigenvalue weighted by Gasteiger charge is 2.21. The first kappa shape index (κ1) is 22.5. The van der Waals surface area contributed by atoms with Gasteiger partial charge in [0, 0.05) is 60.3 Å². The molecule has 2 aromatic carbocycles. The van der Waals surface area contributed by atoms with E-state index < -0.39 is 0 Å². The zero-order chi connectivity index (χ0) is 22.3. The lowest BCUT2D eigenvalue weighted by atomic mass is 10.1. The van der Waals surface area contributed by atoms with Crippen LogP contribution >= 0.6 is 11.8 Å². The first-order valence-electron chi connectivity index (χ1n) is 11.5. The third-order valence-corrected chi connectivity index (χ3v) is 7.12. The van der Waals surface area contributed by atoms with E-state index >= 15 is 0 Å². The van der Waals surface area contributed by atoms with Crippen LogP contribution in [-0.2, 0) is 4.79 Å². The Morgan fingerprint density at radius 1 is 0.938 bits per heavy atom. The van der Waals surface area contributed by atoms with E-state index in [0.29, 0.717) is 5.56 Å². The lowest BCUT2D eigenvalue weighted by Crippen LogP contribution is -2.38. The molecule has 6 nitrogen and oxygen atoms in total. The molecule has 2 fully saturated rings. The molecule has 170 valence electrons. The van der Waals surface area contributed by atoms with Gasteiger partial charge in [0.1, 0.15) is 0 Å². The quantitative estimate of drug-likeness (QED) is 0.687. The summed E-state index contributed by atoms with van der Waals surface area (Å²) >= 11 is 1.89. The van der Waals surface area contributed by atoms with Crippen molar-refractivity contribution in [2.45, 2.75) is 26.2 Å². The van der Waals surface area contributed by atoms with E-state index in [1.807, 2.05) is 53.9 Å². The van der Waals surface area contributed by atoms with Crippen LogP contribution in [0.2, 0.25) is 0 Å². The van der Waals surface area contributed by atoms with E-state index in [1.165, 1.54) is 24.9 Å². The molecular weight excluding hydrogens is 420 g/mol. The highest BCUT2D eigenvalue weighted by Crippen LogP contribution is 2.23. The van der Waals surface area contributed by atoms with Crippen molar-refractivity contribution in [2.24, 2.45) is 0 Å². The minimum absolute atomic E-state index is 0.0738. The van der Waals surface area contributed by atoms with Gasteiger partial charge >= 0.3 is 0 Å². The van der Waals surface area contributed by atoms with Crippen molar-refractivity contribution in [3.63, 3.8) is 0 Å². The largest absolute Gasteiger partial charge is 0.376 e. The van der Waals surface area contributed by atoms with Crippen molar-refractivity contribution in [1.82, 2.24) is 4.90 Å². The monoisotopic (exact) mass is 452 g/mol. The standard InChI is InChI=1S/C25H32N4O2S/c1-19-22(25(31)29-14-16-32-17-15-29)6-5-7-23(19)26-18-24(30)27-20-8-10-21(11-9-20)28-12-3-2-4-13-28/h5-11,26H,2-4,12-18H2,1H3,(H,27,30). The van der Waals surface area contributed by atoms with Crippen LogP contribution < -0.4 is 15.5 Å². The molecule has 7 heteroatoms. The predicted octanol–water partition coefficient (Wildman–Crippen LogP) is 4.22. The zero-order valence-electron chi connectivity index (χ0n) is 18.7. The second kappa shape index (κ2) is 10.8. The molecule has 2 amide bonds. The Hall–Kier alpha value is -2.67. The van der Waals surface area contributed by atoms with Gasteiger partial charge in [0.2, 0.25) is 5.91 Å². The molecule has 0 radical (unpaired) electrons. The molecule has 2 aliphatic rings. The molecule has 2 aliphatic heterocycles. The average molecular weight is 453 g/mol. The smallest absolute Gasteiger partial charge is 0.254 e. The van der Waals surface area contributed by atoms with Crippen LogP contribution in [0.4, 0.5) is 17.1 Å². The Morgan fingerprint density at radius 3 is 2.38 bits per heavy atom. The Morgan fingerprint density at radius 2 is 1.66 bits per heavy atom. The first-order valence-corrected chi connectivity index (χ1v) is 12.6. The van der Waals surface area contributed by atoms with Crippen molar-refractivity contribution >= 4 is 40.6 Å². The number of benzene rings is 2. The van der Waals surface area contributed by atoms with Gasteiger partial charge in [0.05, 0.1) is 6.54 Å². The molecule has 32 heavy (non-hydrogen) atoms. The van der Waals surface area contributed by atoms with E-state index in [9.17, 15) is 9.59 Å². The average Bonchev–Trinajstić information content (AvgIpc) is 2.84. The van der Waals surface area contributed by atoms with Crippen LogP contribution in [0.25, 0.3) is 0 Å². The van der Waals surface area contributed by atoms with Crippen LogP contribution in [0, 0.1) is 6.92 Å². The van der Waals surface area contributed by atoms with Crippen LogP contribution in [0.5, 0.6) is 0 Å². The number of carbonyl (C=O) groups excluding carboxylic acids is 2. The third kappa shape index (κ3) is 5.57. The molecule has 0 atom stereocenters. The van der Waals surface area contributed by atoms with Crippen molar-refractivity contribution in [1.29, 1.82) is 0 Å². The van der Waals surface area contributed by atoms with Gasteiger partial charge in [-0.2, -0.15) is 11.8 Å². The van der Waals surface area contributed by atoms with Crippen LogP contribution in [0.1, 0.15) is 35.2 Å². The number of nitrogens with zero attached hydrogens (tertiary/aromatic N) is 2. The number of hydrogen-bond acceptors (Lipinski definition) is 5. The first-order chi connectivity index (χ1) is 15.6. The summed E-state index contributed by atoms with van der Waals surface area (Å²) in [5.41, 5.74) is 4.41. The number of nitrogens with one attached hydrogen (secondary N) is 2. The van der Waals surface area contributed by atoms with E-state index in [0.717, 1.165) is 54.6 Å². The lowest BCUT2D eigenvalue weighted by molar-refractivity contribution is -0.114. The molecule has 0 bridgehead atoms. The number of thioether (sulfide) groups is 1. The van der Waals surface area contributed by atoms with Gasteiger partial charge in [-0.15, -0.1) is 0 Å². The van der Waals surface area contributed by atoms with E-state index in [-0.39, 0.29) is 18.4 Å². The number of rotatable bonds is 6. The van der Waals surface area contributed by atoms with Crippen LogP contribution in [0.15, 0.2) is 42.5 Å². The maximum absolute atomic E-state index is 12.9. The molecular formula is C25H32N4O2S. The third-order valence-electron chi connectivity index (χ3n) is 6.17. The number of amides is 2. The number of piperidine rings is 1. The van der Waals surface area contributed by atoms with Gasteiger partial charge in [0.25, 0.3) is 5.91 Å². The summed E-state index contributed by atoms with van der Waals surface area (Å²) in [6, 6.07) is 13.7. The number of hydrogen-bond donors (Lipinski definition) is 2. The molecule has 0 spiro atoms.